The van der Waals surface area contributed by atoms with Crippen molar-refractivity contribution < 1.29 is 14.4 Å². The molecule has 0 heterocycles. The van der Waals surface area contributed by atoms with Crippen molar-refractivity contribution in [1.29, 1.82) is 0 Å². The summed E-state index contributed by atoms with van der Waals surface area (Å²) in [7, 11) is -3.89. The maximum atomic E-state index is 10.5. The van der Waals surface area contributed by atoms with E-state index >= 15 is 0 Å². The van der Waals surface area contributed by atoms with Crippen LogP contribution in [0.25, 0.3) is 0 Å². The van der Waals surface area contributed by atoms with Gasteiger partial charge in [0, 0.05) is 0 Å². The van der Waals surface area contributed by atoms with E-state index < -0.39 is 7.60 Å². The van der Waals surface area contributed by atoms with E-state index in [2.05, 4.69) is 0 Å². The third-order valence-corrected chi connectivity index (χ3v) is 2.01. The summed E-state index contributed by atoms with van der Waals surface area (Å²) in [5.41, 5.74) is 0.667. The Balaban J connectivity index is 0.00000121. The summed E-state index contributed by atoms with van der Waals surface area (Å²) in [6, 6.07) is 8.71. The Hall–Kier alpha value is -0.0326. The molecule has 0 atom stereocenters. The van der Waals surface area contributed by atoms with Crippen molar-refractivity contribution in [2.45, 2.75) is 6.16 Å². The molecule has 0 spiro atoms. The Labute approximate surface area is 83.1 Å². The van der Waals surface area contributed by atoms with Crippen molar-refractivity contribution in [1.82, 2.24) is 0 Å². The van der Waals surface area contributed by atoms with Gasteiger partial charge in [0.2, 0.25) is 0 Å². The maximum absolute atomic E-state index is 10.5. The molecule has 62 valence electrons. The normalized spacial score (nSPS) is 10.5. The SMILES string of the molecule is O=P(O)(O)Cc1ccccc1.[LiH]. The summed E-state index contributed by atoms with van der Waals surface area (Å²) in [4.78, 5) is 17.2. The first-order chi connectivity index (χ1) is 5.08. The summed E-state index contributed by atoms with van der Waals surface area (Å²) in [5, 5.41) is 0. The van der Waals surface area contributed by atoms with Crippen molar-refractivity contribution in [2.75, 3.05) is 0 Å². The van der Waals surface area contributed by atoms with Crippen LogP contribution in [0.2, 0.25) is 0 Å². The van der Waals surface area contributed by atoms with Gasteiger partial charge in [0.25, 0.3) is 0 Å². The second-order valence-electron chi connectivity index (χ2n) is 2.31. The van der Waals surface area contributed by atoms with Gasteiger partial charge in [-0.25, -0.2) is 0 Å². The number of hydrogen-bond acceptors (Lipinski definition) is 1. The van der Waals surface area contributed by atoms with Gasteiger partial charge < -0.3 is 9.79 Å². The summed E-state index contributed by atoms with van der Waals surface area (Å²) in [6.45, 7) is 0. The van der Waals surface area contributed by atoms with E-state index in [0.717, 1.165) is 0 Å². The van der Waals surface area contributed by atoms with Crippen LogP contribution in [0.5, 0.6) is 0 Å². The van der Waals surface area contributed by atoms with Gasteiger partial charge in [0.15, 0.2) is 0 Å². The zero-order valence-electron chi connectivity index (χ0n) is 5.84. The van der Waals surface area contributed by atoms with Gasteiger partial charge in [0.05, 0.1) is 6.16 Å². The molecule has 0 radical (unpaired) electrons. The molecule has 2 N–H and O–H groups in total. The minimum atomic E-state index is -3.89. The van der Waals surface area contributed by atoms with Crippen molar-refractivity contribution >= 4 is 26.5 Å². The Bertz CT molecular complexity index is 269. The van der Waals surface area contributed by atoms with Crippen molar-refractivity contribution in [2.24, 2.45) is 0 Å². The van der Waals surface area contributed by atoms with E-state index in [-0.39, 0.29) is 25.0 Å². The molecule has 0 unspecified atom stereocenters. The fraction of sp³-hybridized carbons (Fsp3) is 0.143. The molecule has 0 aliphatic rings. The molecule has 5 heteroatoms. The van der Waals surface area contributed by atoms with Crippen molar-refractivity contribution in [3.63, 3.8) is 0 Å². The van der Waals surface area contributed by atoms with Crippen LogP contribution in [0.15, 0.2) is 30.3 Å². The van der Waals surface area contributed by atoms with E-state index in [9.17, 15) is 4.57 Å². The van der Waals surface area contributed by atoms with Crippen LogP contribution >= 0.6 is 7.60 Å². The van der Waals surface area contributed by atoms with E-state index in [1.165, 1.54) is 0 Å². The third-order valence-electron chi connectivity index (χ3n) is 1.23. The van der Waals surface area contributed by atoms with Crippen molar-refractivity contribution in [3.8, 4) is 0 Å². The summed E-state index contributed by atoms with van der Waals surface area (Å²) >= 11 is 0. The Morgan fingerprint density at radius 1 is 1.17 bits per heavy atom. The zero-order valence-corrected chi connectivity index (χ0v) is 6.74. The summed E-state index contributed by atoms with van der Waals surface area (Å²) in [6.07, 6.45) is -0.173. The van der Waals surface area contributed by atoms with Gasteiger partial charge in [-0.3, -0.25) is 4.57 Å². The molecule has 0 saturated carbocycles. The first kappa shape index (κ1) is 12.0. The van der Waals surface area contributed by atoms with Crippen LogP contribution < -0.4 is 0 Å². The fourth-order valence-corrected chi connectivity index (χ4v) is 1.51. The summed E-state index contributed by atoms with van der Waals surface area (Å²) in [5.74, 6) is 0. The van der Waals surface area contributed by atoms with Gasteiger partial charge in [-0.15, -0.1) is 0 Å². The predicted molar refractivity (Wildman–Crippen MR) is 49.3 cm³/mol. The molecule has 0 saturated heterocycles. The monoisotopic (exact) mass is 180 g/mol. The molecule has 1 aromatic rings. The second kappa shape index (κ2) is 4.86. The van der Waals surface area contributed by atoms with Crippen LogP contribution in [-0.2, 0) is 10.7 Å². The average Bonchev–Trinajstić information content (AvgIpc) is 1.85. The van der Waals surface area contributed by atoms with Gasteiger partial charge in [0.1, 0.15) is 0 Å². The van der Waals surface area contributed by atoms with E-state index in [1.54, 1.807) is 24.3 Å². The van der Waals surface area contributed by atoms with Crippen molar-refractivity contribution in [3.05, 3.63) is 35.9 Å². The zero-order chi connectivity index (χ0) is 8.32. The molecule has 12 heavy (non-hydrogen) atoms. The Kier molecular flexibility index (Phi) is 4.85. The Morgan fingerprint density at radius 2 is 1.67 bits per heavy atom. The topological polar surface area (TPSA) is 57.5 Å². The van der Waals surface area contributed by atoms with Crippen LogP contribution in [0.4, 0.5) is 0 Å². The first-order valence-electron chi connectivity index (χ1n) is 3.16. The molecule has 1 rings (SSSR count). The van der Waals surface area contributed by atoms with Gasteiger partial charge in [-0.05, 0) is 5.56 Å². The molecular weight excluding hydrogens is 170 g/mol. The molecule has 0 aliphatic carbocycles. The van der Waals surface area contributed by atoms with E-state index in [0.29, 0.717) is 5.56 Å². The van der Waals surface area contributed by atoms with Crippen LogP contribution in [0.1, 0.15) is 5.56 Å². The number of benzene rings is 1. The first-order valence-corrected chi connectivity index (χ1v) is 4.96. The standard InChI is InChI=1S/C7H9O3P.Li.H/c8-11(9,10)6-7-4-2-1-3-5-7;;/h1-5H,6H2,(H2,8,9,10);;. The van der Waals surface area contributed by atoms with Crippen LogP contribution in [-0.4, -0.2) is 28.6 Å². The van der Waals surface area contributed by atoms with E-state index in [1.807, 2.05) is 6.07 Å². The molecule has 0 amide bonds. The number of hydrogen-bond donors (Lipinski definition) is 2. The Morgan fingerprint density at radius 3 is 2.08 bits per heavy atom. The number of rotatable bonds is 2. The van der Waals surface area contributed by atoms with Crippen LogP contribution in [0.3, 0.4) is 0 Å². The van der Waals surface area contributed by atoms with E-state index in [4.69, 9.17) is 9.79 Å². The van der Waals surface area contributed by atoms with Gasteiger partial charge >= 0.3 is 26.5 Å². The molecule has 0 bridgehead atoms. The second-order valence-corrected chi connectivity index (χ2v) is 3.95. The van der Waals surface area contributed by atoms with Gasteiger partial charge in [-0.2, -0.15) is 0 Å². The van der Waals surface area contributed by atoms with Gasteiger partial charge in [-0.1, -0.05) is 30.3 Å². The molecule has 0 aliphatic heterocycles. The van der Waals surface area contributed by atoms with Crippen LogP contribution in [0, 0.1) is 0 Å². The molecule has 0 fully saturated rings. The molecule has 0 aromatic heterocycles. The minimum absolute atomic E-state index is 0. The summed E-state index contributed by atoms with van der Waals surface area (Å²) < 4.78 is 10.5. The molecule has 3 nitrogen and oxygen atoms in total. The predicted octanol–water partition coefficient (Wildman–Crippen LogP) is 0.716. The fourth-order valence-electron chi connectivity index (χ4n) is 0.821. The third kappa shape index (κ3) is 4.77. The quantitative estimate of drug-likeness (QED) is 0.520. The molecule has 1 aromatic carbocycles. The average molecular weight is 180 g/mol. The molecular formula is C7H10LiO3P.